The molecule has 1 aromatic heterocycles. The molecule has 0 aliphatic heterocycles. The molecule has 1 heterocycles. The highest BCUT2D eigenvalue weighted by Crippen LogP contribution is 2.26. The quantitative estimate of drug-likeness (QED) is 0.902. The maximum absolute atomic E-state index is 6.16. The number of hydrogen-bond acceptors (Lipinski definition) is 3. The highest BCUT2D eigenvalue weighted by atomic mass is 16.3. The summed E-state index contributed by atoms with van der Waals surface area (Å²) in [5.41, 5.74) is 8.38. The molecule has 1 aromatic carbocycles. The normalized spacial score (nSPS) is 24.2. The van der Waals surface area contributed by atoms with Gasteiger partial charge < -0.3 is 10.2 Å². The largest absolute Gasteiger partial charge is 0.464 e. The number of fused-ring (bicyclic) bond motifs is 1. The van der Waals surface area contributed by atoms with Crippen LogP contribution in [-0.2, 0) is 6.54 Å². The summed E-state index contributed by atoms with van der Waals surface area (Å²) in [7, 11) is 2.16. The molecule has 1 aliphatic rings. The Labute approximate surface area is 108 Å². The highest BCUT2D eigenvalue weighted by Gasteiger charge is 2.27. The zero-order valence-corrected chi connectivity index (χ0v) is 10.8. The van der Waals surface area contributed by atoms with Gasteiger partial charge in [0, 0.05) is 29.6 Å². The van der Waals surface area contributed by atoms with Gasteiger partial charge in [-0.1, -0.05) is 24.6 Å². The van der Waals surface area contributed by atoms with Crippen molar-refractivity contribution >= 4 is 11.0 Å². The van der Waals surface area contributed by atoms with E-state index in [2.05, 4.69) is 24.1 Å². The molecule has 0 saturated heterocycles. The molecule has 1 aliphatic carbocycles. The number of likely N-dealkylation sites (N-methyl/N-ethyl adjacent to an activating group) is 1. The number of benzene rings is 1. The molecule has 0 spiro atoms. The molecule has 1 fully saturated rings. The van der Waals surface area contributed by atoms with Crippen LogP contribution in [0.3, 0.4) is 0 Å². The minimum Gasteiger partial charge on any atom is -0.464 e. The smallest absolute Gasteiger partial charge is 0.134 e. The van der Waals surface area contributed by atoms with E-state index in [0.717, 1.165) is 18.5 Å². The van der Waals surface area contributed by atoms with Crippen LogP contribution in [0.2, 0.25) is 0 Å². The van der Waals surface area contributed by atoms with Crippen LogP contribution in [0, 0.1) is 0 Å². The Morgan fingerprint density at radius 1 is 1.33 bits per heavy atom. The molecular weight excluding hydrogens is 224 g/mol. The van der Waals surface area contributed by atoms with Crippen molar-refractivity contribution in [1.29, 1.82) is 0 Å². The number of nitrogens with zero attached hydrogens (tertiary/aromatic N) is 1. The predicted octanol–water partition coefficient (Wildman–Crippen LogP) is 2.74. The van der Waals surface area contributed by atoms with Crippen LogP contribution in [0.15, 0.2) is 34.9 Å². The minimum atomic E-state index is 0.327. The monoisotopic (exact) mass is 244 g/mol. The summed E-state index contributed by atoms with van der Waals surface area (Å²) in [4.78, 5) is 2.37. The second-order valence-corrected chi connectivity index (χ2v) is 5.33. The van der Waals surface area contributed by atoms with E-state index in [1.54, 1.807) is 0 Å². The van der Waals surface area contributed by atoms with Gasteiger partial charge in [0.1, 0.15) is 5.58 Å². The Hall–Kier alpha value is -1.32. The second kappa shape index (κ2) is 4.75. The van der Waals surface area contributed by atoms with Gasteiger partial charge in [-0.15, -0.1) is 0 Å². The first kappa shape index (κ1) is 11.8. The fourth-order valence-electron chi connectivity index (χ4n) is 3.06. The fraction of sp³-hybridized carbons (Fsp3) is 0.467. The van der Waals surface area contributed by atoms with E-state index in [4.69, 9.17) is 10.2 Å². The Morgan fingerprint density at radius 2 is 2.17 bits per heavy atom. The first-order valence-corrected chi connectivity index (χ1v) is 6.66. The summed E-state index contributed by atoms with van der Waals surface area (Å²) in [6.45, 7) is 0.912. The van der Waals surface area contributed by atoms with Crippen LogP contribution in [0.25, 0.3) is 11.0 Å². The van der Waals surface area contributed by atoms with Gasteiger partial charge in [0.25, 0.3) is 0 Å². The van der Waals surface area contributed by atoms with Crippen LogP contribution in [0.4, 0.5) is 0 Å². The van der Waals surface area contributed by atoms with Crippen molar-refractivity contribution in [2.24, 2.45) is 5.73 Å². The molecule has 0 amide bonds. The zero-order chi connectivity index (χ0) is 12.5. The molecule has 3 rings (SSSR count). The summed E-state index contributed by atoms with van der Waals surface area (Å²) in [6.07, 6.45) is 5.50. The highest BCUT2D eigenvalue weighted by molar-refractivity contribution is 5.80. The molecule has 18 heavy (non-hydrogen) atoms. The average molecular weight is 244 g/mol. The molecule has 2 atom stereocenters. The van der Waals surface area contributed by atoms with E-state index in [1.807, 2.05) is 18.4 Å². The van der Waals surface area contributed by atoms with E-state index in [1.165, 1.54) is 23.8 Å². The van der Waals surface area contributed by atoms with E-state index in [0.29, 0.717) is 12.1 Å². The summed E-state index contributed by atoms with van der Waals surface area (Å²) >= 11 is 0. The number of hydrogen-bond donors (Lipinski definition) is 1. The lowest BCUT2D eigenvalue weighted by Gasteiger charge is -2.27. The Balaban J connectivity index is 1.79. The van der Waals surface area contributed by atoms with Gasteiger partial charge in [-0.3, -0.25) is 4.90 Å². The maximum atomic E-state index is 6.16. The number of nitrogens with two attached hydrogens (primary N) is 1. The van der Waals surface area contributed by atoms with Crippen LogP contribution < -0.4 is 5.73 Å². The van der Waals surface area contributed by atoms with Crippen molar-refractivity contribution in [3.8, 4) is 0 Å². The fourth-order valence-corrected chi connectivity index (χ4v) is 3.06. The number of furan rings is 1. The molecule has 3 nitrogen and oxygen atoms in total. The molecule has 96 valence electrons. The lowest BCUT2D eigenvalue weighted by molar-refractivity contribution is 0.220. The van der Waals surface area contributed by atoms with E-state index in [9.17, 15) is 0 Å². The number of rotatable bonds is 3. The third-order valence-corrected chi connectivity index (χ3v) is 4.08. The summed E-state index contributed by atoms with van der Waals surface area (Å²) < 4.78 is 5.58. The standard InChI is InChI=1S/C15H20N2O/c1-17(14-7-4-6-13(14)16)9-11-10-18-15-8-3-2-5-12(11)15/h2-3,5,8,10,13-14H,4,6-7,9,16H2,1H3. The van der Waals surface area contributed by atoms with Crippen molar-refractivity contribution in [3.05, 3.63) is 36.1 Å². The van der Waals surface area contributed by atoms with Crippen LogP contribution >= 0.6 is 0 Å². The summed E-state index contributed by atoms with van der Waals surface area (Å²) in [5, 5.41) is 1.22. The lowest BCUT2D eigenvalue weighted by atomic mass is 10.1. The minimum absolute atomic E-state index is 0.327. The lowest BCUT2D eigenvalue weighted by Crippen LogP contribution is -2.41. The van der Waals surface area contributed by atoms with Gasteiger partial charge in [0.15, 0.2) is 0 Å². The van der Waals surface area contributed by atoms with E-state index < -0.39 is 0 Å². The van der Waals surface area contributed by atoms with Crippen molar-refractivity contribution in [1.82, 2.24) is 4.90 Å². The van der Waals surface area contributed by atoms with Crippen LogP contribution in [0.1, 0.15) is 24.8 Å². The molecule has 2 unspecified atom stereocenters. The van der Waals surface area contributed by atoms with E-state index in [-0.39, 0.29) is 0 Å². The molecule has 2 N–H and O–H groups in total. The average Bonchev–Trinajstić information content (AvgIpc) is 2.97. The third kappa shape index (κ3) is 2.04. The molecule has 2 aromatic rings. The molecule has 0 bridgehead atoms. The second-order valence-electron chi connectivity index (χ2n) is 5.33. The van der Waals surface area contributed by atoms with Gasteiger partial charge in [-0.25, -0.2) is 0 Å². The van der Waals surface area contributed by atoms with Crippen molar-refractivity contribution in [2.45, 2.75) is 37.9 Å². The SMILES string of the molecule is CN(Cc1coc2ccccc12)C1CCCC1N. The number of para-hydroxylation sites is 1. The van der Waals surface area contributed by atoms with E-state index >= 15 is 0 Å². The summed E-state index contributed by atoms with van der Waals surface area (Å²) in [6, 6.07) is 9.04. The van der Waals surface area contributed by atoms with Crippen molar-refractivity contribution < 1.29 is 4.42 Å². The van der Waals surface area contributed by atoms with Gasteiger partial charge in [-0.2, -0.15) is 0 Å². The molecule has 1 saturated carbocycles. The van der Waals surface area contributed by atoms with Gasteiger partial charge in [0.2, 0.25) is 0 Å². The Bertz CT molecular complexity index is 534. The Kier molecular flexibility index (Phi) is 3.10. The Morgan fingerprint density at radius 3 is 2.94 bits per heavy atom. The predicted molar refractivity (Wildman–Crippen MR) is 73.3 cm³/mol. The van der Waals surface area contributed by atoms with Gasteiger partial charge in [0.05, 0.1) is 6.26 Å². The van der Waals surface area contributed by atoms with Crippen LogP contribution in [0.5, 0.6) is 0 Å². The topological polar surface area (TPSA) is 42.4 Å². The van der Waals surface area contributed by atoms with Crippen molar-refractivity contribution in [3.63, 3.8) is 0 Å². The zero-order valence-electron chi connectivity index (χ0n) is 10.8. The first-order chi connectivity index (χ1) is 8.75. The third-order valence-electron chi connectivity index (χ3n) is 4.08. The van der Waals surface area contributed by atoms with Crippen molar-refractivity contribution in [2.75, 3.05) is 7.05 Å². The molecule has 0 radical (unpaired) electrons. The summed E-state index contributed by atoms with van der Waals surface area (Å²) in [5.74, 6) is 0. The molecule has 3 heteroatoms. The van der Waals surface area contributed by atoms with Gasteiger partial charge >= 0.3 is 0 Å². The van der Waals surface area contributed by atoms with Crippen LogP contribution in [-0.4, -0.2) is 24.0 Å². The maximum Gasteiger partial charge on any atom is 0.134 e. The van der Waals surface area contributed by atoms with Gasteiger partial charge in [-0.05, 0) is 26.0 Å². The molecular formula is C15H20N2O. The first-order valence-electron chi connectivity index (χ1n) is 6.66.